The van der Waals surface area contributed by atoms with Crippen molar-refractivity contribution in [2.75, 3.05) is 32.7 Å². The molecule has 30 heavy (non-hydrogen) atoms. The number of carbonyl (C=O) groups is 2. The van der Waals surface area contributed by atoms with Gasteiger partial charge in [-0.25, -0.2) is 0 Å². The van der Waals surface area contributed by atoms with Gasteiger partial charge in [0.25, 0.3) is 0 Å². The van der Waals surface area contributed by atoms with E-state index in [0.717, 1.165) is 29.3 Å². The summed E-state index contributed by atoms with van der Waals surface area (Å²) in [5.41, 5.74) is 2.05. The molecule has 1 aliphatic heterocycles. The largest absolute Gasteiger partial charge is 0.352 e. The first-order valence-electron chi connectivity index (χ1n) is 10.6. The Morgan fingerprint density at radius 1 is 1.17 bits per heavy atom. The zero-order valence-electron chi connectivity index (χ0n) is 17.1. The Bertz CT molecular complexity index is 991. The van der Waals surface area contributed by atoms with Crippen molar-refractivity contribution in [2.45, 2.75) is 31.8 Å². The number of hydrogen-bond donors (Lipinski definition) is 1. The van der Waals surface area contributed by atoms with E-state index >= 15 is 0 Å². The Balaban J connectivity index is 1.34. The number of benzene rings is 1. The van der Waals surface area contributed by atoms with Crippen LogP contribution in [0, 0.1) is 11.3 Å². The van der Waals surface area contributed by atoms with Crippen molar-refractivity contribution in [3.05, 3.63) is 42.1 Å². The molecule has 7 nitrogen and oxygen atoms in total. The number of aromatic nitrogens is 1. The van der Waals surface area contributed by atoms with E-state index in [0.29, 0.717) is 51.7 Å². The number of piperazine rings is 1. The second-order valence-electron chi connectivity index (χ2n) is 7.98. The SMILES string of the molecule is N#CCCn1cc(/C=C/C(=O)N2CCN(CC(=O)NC3CC3)CC2)c2ccccc21. The monoisotopic (exact) mass is 405 g/mol. The third kappa shape index (κ3) is 4.89. The molecular weight excluding hydrogens is 378 g/mol. The molecule has 0 spiro atoms. The summed E-state index contributed by atoms with van der Waals surface area (Å²) in [6.45, 7) is 3.73. The predicted molar refractivity (Wildman–Crippen MR) is 115 cm³/mol. The lowest BCUT2D eigenvalue weighted by Gasteiger charge is -2.33. The van der Waals surface area contributed by atoms with Gasteiger partial charge in [-0.15, -0.1) is 0 Å². The van der Waals surface area contributed by atoms with Crippen LogP contribution in [-0.4, -0.2) is 64.9 Å². The molecule has 1 aliphatic carbocycles. The number of amides is 2. The van der Waals surface area contributed by atoms with Gasteiger partial charge in [0.2, 0.25) is 11.8 Å². The van der Waals surface area contributed by atoms with Gasteiger partial charge < -0.3 is 14.8 Å². The van der Waals surface area contributed by atoms with Crippen LogP contribution in [0.5, 0.6) is 0 Å². The molecule has 7 heteroatoms. The zero-order chi connectivity index (χ0) is 20.9. The number of nitriles is 1. The Labute approximate surface area is 176 Å². The third-order valence-electron chi connectivity index (χ3n) is 5.68. The number of rotatable bonds is 7. The van der Waals surface area contributed by atoms with Crippen LogP contribution in [0.1, 0.15) is 24.8 Å². The smallest absolute Gasteiger partial charge is 0.246 e. The molecule has 4 rings (SSSR count). The fourth-order valence-electron chi connectivity index (χ4n) is 3.86. The van der Waals surface area contributed by atoms with Crippen LogP contribution in [0.2, 0.25) is 0 Å². The van der Waals surface area contributed by atoms with E-state index in [2.05, 4.69) is 20.9 Å². The van der Waals surface area contributed by atoms with Crippen LogP contribution >= 0.6 is 0 Å². The topological polar surface area (TPSA) is 81.4 Å². The van der Waals surface area contributed by atoms with Crippen molar-refractivity contribution in [3.8, 4) is 6.07 Å². The number of fused-ring (bicyclic) bond motifs is 1. The maximum Gasteiger partial charge on any atom is 0.246 e. The lowest BCUT2D eigenvalue weighted by atomic mass is 10.1. The third-order valence-corrected chi connectivity index (χ3v) is 5.68. The van der Waals surface area contributed by atoms with Gasteiger partial charge in [0.15, 0.2) is 0 Å². The minimum atomic E-state index is -0.00839. The molecule has 1 saturated heterocycles. The summed E-state index contributed by atoms with van der Waals surface area (Å²) in [5.74, 6) is 0.0795. The van der Waals surface area contributed by atoms with Crippen molar-refractivity contribution in [1.82, 2.24) is 19.7 Å². The lowest BCUT2D eigenvalue weighted by Crippen LogP contribution is -2.51. The first-order valence-corrected chi connectivity index (χ1v) is 10.6. The van der Waals surface area contributed by atoms with E-state index in [-0.39, 0.29) is 11.8 Å². The highest BCUT2D eigenvalue weighted by molar-refractivity contribution is 5.96. The summed E-state index contributed by atoms with van der Waals surface area (Å²) in [6.07, 6.45) is 8.13. The number of hydrogen-bond acceptors (Lipinski definition) is 4. The molecule has 1 aromatic heterocycles. The van der Waals surface area contributed by atoms with E-state index in [4.69, 9.17) is 5.26 Å². The van der Waals surface area contributed by atoms with Crippen molar-refractivity contribution in [2.24, 2.45) is 0 Å². The van der Waals surface area contributed by atoms with Crippen LogP contribution in [0.25, 0.3) is 17.0 Å². The fraction of sp³-hybridized carbons (Fsp3) is 0.435. The molecule has 1 N–H and O–H groups in total. The van der Waals surface area contributed by atoms with Gasteiger partial charge in [-0.05, 0) is 25.0 Å². The van der Waals surface area contributed by atoms with Crippen molar-refractivity contribution in [1.29, 1.82) is 5.26 Å². The van der Waals surface area contributed by atoms with E-state index in [1.165, 1.54) is 0 Å². The van der Waals surface area contributed by atoms with Crippen molar-refractivity contribution < 1.29 is 9.59 Å². The molecule has 0 bridgehead atoms. The molecule has 1 aromatic carbocycles. The van der Waals surface area contributed by atoms with Gasteiger partial charge in [0.1, 0.15) is 0 Å². The Hall–Kier alpha value is -3.11. The quantitative estimate of drug-likeness (QED) is 0.715. The summed E-state index contributed by atoms with van der Waals surface area (Å²) in [6, 6.07) is 10.6. The maximum atomic E-state index is 12.7. The lowest BCUT2D eigenvalue weighted by molar-refractivity contribution is -0.128. The van der Waals surface area contributed by atoms with Crippen molar-refractivity contribution in [3.63, 3.8) is 0 Å². The average molecular weight is 406 g/mol. The molecule has 2 heterocycles. The first kappa shape index (κ1) is 20.2. The Morgan fingerprint density at radius 3 is 2.67 bits per heavy atom. The molecule has 156 valence electrons. The Kier molecular flexibility index (Phi) is 6.15. The van der Waals surface area contributed by atoms with E-state index in [1.54, 1.807) is 6.08 Å². The van der Waals surface area contributed by atoms with Crippen LogP contribution in [-0.2, 0) is 16.1 Å². The Morgan fingerprint density at radius 2 is 1.93 bits per heavy atom. The van der Waals surface area contributed by atoms with Crippen LogP contribution < -0.4 is 5.32 Å². The highest BCUT2D eigenvalue weighted by atomic mass is 16.2. The van der Waals surface area contributed by atoms with Crippen molar-refractivity contribution >= 4 is 28.8 Å². The highest BCUT2D eigenvalue weighted by Crippen LogP contribution is 2.23. The van der Waals surface area contributed by atoms with Gasteiger partial charge in [-0.2, -0.15) is 5.26 Å². The van der Waals surface area contributed by atoms with Crippen LogP contribution in [0.3, 0.4) is 0 Å². The number of para-hydroxylation sites is 1. The van der Waals surface area contributed by atoms with E-state index in [9.17, 15) is 9.59 Å². The minimum Gasteiger partial charge on any atom is -0.352 e. The van der Waals surface area contributed by atoms with Gasteiger partial charge in [0, 0.05) is 67.5 Å². The van der Waals surface area contributed by atoms with Crippen LogP contribution in [0.4, 0.5) is 0 Å². The minimum absolute atomic E-state index is 0.00839. The normalized spacial score (nSPS) is 17.4. The summed E-state index contributed by atoms with van der Waals surface area (Å²) < 4.78 is 2.06. The number of aryl methyl sites for hydroxylation is 1. The summed E-state index contributed by atoms with van der Waals surface area (Å²) in [5, 5.41) is 13.0. The van der Waals surface area contributed by atoms with Gasteiger partial charge in [-0.3, -0.25) is 14.5 Å². The summed E-state index contributed by atoms with van der Waals surface area (Å²) in [4.78, 5) is 28.5. The highest BCUT2D eigenvalue weighted by Gasteiger charge is 2.25. The molecule has 2 amide bonds. The van der Waals surface area contributed by atoms with Gasteiger partial charge >= 0.3 is 0 Å². The summed E-state index contributed by atoms with van der Waals surface area (Å²) in [7, 11) is 0. The molecule has 0 atom stereocenters. The average Bonchev–Trinajstić information content (AvgIpc) is 3.50. The number of carbonyl (C=O) groups excluding carboxylic acids is 2. The molecule has 2 aromatic rings. The molecule has 0 unspecified atom stereocenters. The fourth-order valence-corrected chi connectivity index (χ4v) is 3.86. The van der Waals surface area contributed by atoms with Crippen LogP contribution in [0.15, 0.2) is 36.5 Å². The molecule has 2 aliphatic rings. The van der Waals surface area contributed by atoms with Gasteiger partial charge in [0.05, 0.1) is 19.0 Å². The predicted octanol–water partition coefficient (Wildman–Crippen LogP) is 1.99. The summed E-state index contributed by atoms with van der Waals surface area (Å²) >= 11 is 0. The number of nitrogens with zero attached hydrogens (tertiary/aromatic N) is 4. The molecule has 1 saturated carbocycles. The number of nitrogens with one attached hydrogen (secondary N) is 1. The molecule has 2 fully saturated rings. The zero-order valence-corrected chi connectivity index (χ0v) is 17.1. The van der Waals surface area contributed by atoms with E-state index in [1.807, 2.05) is 41.4 Å². The second kappa shape index (κ2) is 9.14. The standard InChI is InChI=1S/C23H27N5O2/c24-10-3-11-28-16-18(20-4-1-2-5-21(20)28)6-9-23(30)27-14-12-26(13-15-27)17-22(29)25-19-7-8-19/h1-2,4-6,9,16,19H,3,7-8,11-15,17H2,(H,25,29)/b9-6+. The second-order valence-corrected chi connectivity index (χ2v) is 7.98. The van der Waals surface area contributed by atoms with Gasteiger partial charge in [-0.1, -0.05) is 18.2 Å². The van der Waals surface area contributed by atoms with E-state index < -0.39 is 0 Å². The first-order chi connectivity index (χ1) is 14.6. The molecular formula is C23H27N5O2. The maximum absolute atomic E-state index is 12.7. The molecule has 0 radical (unpaired) electrons.